The van der Waals surface area contributed by atoms with E-state index in [-0.39, 0.29) is 11.8 Å². The molecule has 0 unspecified atom stereocenters. The van der Waals surface area contributed by atoms with Crippen molar-refractivity contribution in [3.8, 4) is 0 Å². The van der Waals surface area contributed by atoms with Crippen LogP contribution in [0.25, 0.3) is 22.1 Å². The monoisotopic (exact) mass is 515 g/mol. The van der Waals surface area contributed by atoms with Crippen LogP contribution in [0.1, 0.15) is 31.8 Å². The largest absolute Gasteiger partial charge is 0.344 e. The Hall–Kier alpha value is -4.05. The summed E-state index contributed by atoms with van der Waals surface area (Å²) in [4.78, 5) is 35.3. The molecule has 6 rings (SSSR count). The number of pyridine rings is 1. The van der Waals surface area contributed by atoms with Crippen molar-refractivity contribution in [1.29, 1.82) is 0 Å². The van der Waals surface area contributed by atoms with Gasteiger partial charge in [-0.05, 0) is 69.9 Å². The molecule has 0 aliphatic carbocycles. The van der Waals surface area contributed by atoms with E-state index in [1.54, 1.807) is 35.5 Å². The molecule has 5 aromatic rings. The van der Waals surface area contributed by atoms with Gasteiger partial charge >= 0.3 is 0 Å². The number of carbonyl (C=O) groups excluding carboxylic acids is 2. The van der Waals surface area contributed by atoms with Gasteiger partial charge in [-0.25, -0.2) is 4.98 Å². The van der Waals surface area contributed by atoms with Crippen LogP contribution in [0.15, 0.2) is 59.3 Å². The van der Waals surface area contributed by atoms with Gasteiger partial charge in [0.15, 0.2) is 0 Å². The maximum absolute atomic E-state index is 13.1. The summed E-state index contributed by atoms with van der Waals surface area (Å²) in [6, 6.07) is 12.8. The van der Waals surface area contributed by atoms with Crippen LogP contribution >= 0.6 is 15.9 Å². The third-order valence-electron chi connectivity index (χ3n) is 6.10. The Balaban J connectivity index is 1.23. The fraction of sp³-hybridized carbons (Fsp3) is 0.125. The topological polar surface area (TPSA) is 120 Å². The van der Waals surface area contributed by atoms with Crippen molar-refractivity contribution in [2.24, 2.45) is 0 Å². The van der Waals surface area contributed by atoms with Crippen LogP contribution < -0.4 is 5.32 Å². The summed E-state index contributed by atoms with van der Waals surface area (Å²) in [6.07, 6.45) is 4.15. The molecule has 0 saturated heterocycles. The number of anilines is 1. The second-order valence-corrected chi connectivity index (χ2v) is 9.01. The molecular weight excluding hydrogens is 498 g/mol. The van der Waals surface area contributed by atoms with Gasteiger partial charge in [0, 0.05) is 41.1 Å². The number of hydrogen-bond acceptors (Lipinski definition) is 5. The Kier molecular flexibility index (Phi) is 4.88. The van der Waals surface area contributed by atoms with E-state index in [4.69, 9.17) is 0 Å². The zero-order chi connectivity index (χ0) is 23.2. The summed E-state index contributed by atoms with van der Waals surface area (Å²) in [5, 5.41) is 14.4. The van der Waals surface area contributed by atoms with Gasteiger partial charge in [0.05, 0.1) is 11.1 Å². The first-order valence-corrected chi connectivity index (χ1v) is 11.5. The summed E-state index contributed by atoms with van der Waals surface area (Å²) in [5.41, 5.74) is 5.92. The van der Waals surface area contributed by atoms with Gasteiger partial charge in [0.2, 0.25) is 0 Å². The van der Waals surface area contributed by atoms with Crippen molar-refractivity contribution in [3.05, 3.63) is 81.6 Å². The van der Waals surface area contributed by atoms with Crippen LogP contribution in [-0.2, 0) is 13.0 Å². The molecule has 9 nitrogen and oxygen atoms in total. The highest BCUT2D eigenvalue weighted by atomic mass is 79.9. The molecule has 0 bridgehead atoms. The summed E-state index contributed by atoms with van der Waals surface area (Å²) in [7, 11) is 0. The minimum absolute atomic E-state index is 0.0680. The first kappa shape index (κ1) is 20.5. The molecule has 0 radical (unpaired) electrons. The molecule has 3 N–H and O–H groups in total. The standard InChI is InChI=1S/C24H18BrN7O2/c25-17-5-7-26-22-21(17)20(11-27-22)28-23(33)14-2-1-13-6-8-32(12-16(13)9-14)24(34)15-3-4-18-19(10-15)30-31-29-18/h1-5,7,9-11H,6,8,12H2,(H,26,27)(H,28,33)(H,29,30,31). The predicted octanol–water partition coefficient (Wildman–Crippen LogP) is 4.05. The van der Waals surface area contributed by atoms with Gasteiger partial charge in [-0.1, -0.05) is 6.07 Å². The Morgan fingerprint density at radius 2 is 1.85 bits per heavy atom. The molecule has 168 valence electrons. The maximum atomic E-state index is 13.1. The zero-order valence-corrected chi connectivity index (χ0v) is 19.4. The number of fused-ring (bicyclic) bond motifs is 3. The van der Waals surface area contributed by atoms with Crippen LogP contribution in [-0.4, -0.2) is 48.6 Å². The molecule has 4 heterocycles. The van der Waals surface area contributed by atoms with Crippen molar-refractivity contribution in [2.45, 2.75) is 13.0 Å². The lowest BCUT2D eigenvalue weighted by Gasteiger charge is -2.29. The Bertz CT molecular complexity index is 1590. The minimum Gasteiger partial charge on any atom is -0.344 e. The molecular formula is C24H18BrN7O2. The normalized spacial score (nSPS) is 13.3. The smallest absolute Gasteiger partial charge is 0.255 e. The highest BCUT2D eigenvalue weighted by Gasteiger charge is 2.23. The fourth-order valence-electron chi connectivity index (χ4n) is 4.34. The minimum atomic E-state index is -0.223. The highest BCUT2D eigenvalue weighted by Crippen LogP contribution is 2.30. The molecule has 1 aliphatic rings. The van der Waals surface area contributed by atoms with Gasteiger partial charge in [-0.3, -0.25) is 9.59 Å². The number of benzene rings is 2. The lowest BCUT2D eigenvalue weighted by molar-refractivity contribution is 0.0735. The molecule has 10 heteroatoms. The number of nitrogens with one attached hydrogen (secondary N) is 3. The maximum Gasteiger partial charge on any atom is 0.255 e. The summed E-state index contributed by atoms with van der Waals surface area (Å²) in [6.45, 7) is 1.05. The number of H-pyrrole nitrogens is 2. The lowest BCUT2D eigenvalue weighted by Crippen LogP contribution is -2.36. The number of nitrogens with zero attached hydrogens (tertiary/aromatic N) is 4. The molecule has 0 atom stereocenters. The number of amides is 2. The van der Waals surface area contributed by atoms with Crippen molar-refractivity contribution >= 4 is 55.5 Å². The van der Waals surface area contributed by atoms with Gasteiger partial charge < -0.3 is 15.2 Å². The van der Waals surface area contributed by atoms with Crippen molar-refractivity contribution in [2.75, 3.05) is 11.9 Å². The van der Waals surface area contributed by atoms with E-state index in [9.17, 15) is 9.59 Å². The summed E-state index contributed by atoms with van der Waals surface area (Å²) in [5.74, 6) is -0.291. The Morgan fingerprint density at radius 3 is 2.76 bits per heavy atom. The molecule has 0 saturated carbocycles. The van der Waals surface area contributed by atoms with E-state index in [0.717, 1.165) is 27.4 Å². The average Bonchev–Trinajstić information content (AvgIpc) is 3.50. The first-order valence-electron chi connectivity index (χ1n) is 10.7. The first-order chi connectivity index (χ1) is 16.6. The van der Waals surface area contributed by atoms with Crippen molar-refractivity contribution in [3.63, 3.8) is 0 Å². The highest BCUT2D eigenvalue weighted by molar-refractivity contribution is 9.10. The van der Waals surface area contributed by atoms with Gasteiger partial charge in [0.25, 0.3) is 11.8 Å². The molecule has 1 aliphatic heterocycles. The van der Waals surface area contributed by atoms with Crippen LogP contribution in [0.5, 0.6) is 0 Å². The van der Waals surface area contributed by atoms with Crippen LogP contribution in [0.4, 0.5) is 5.69 Å². The molecule has 3 aromatic heterocycles. The number of carbonyl (C=O) groups is 2. The van der Waals surface area contributed by atoms with Crippen molar-refractivity contribution < 1.29 is 9.59 Å². The van der Waals surface area contributed by atoms with E-state index >= 15 is 0 Å². The Labute approximate surface area is 201 Å². The number of hydrogen-bond donors (Lipinski definition) is 3. The SMILES string of the molecule is O=C(Nc1c[nH]c2nccc(Br)c12)c1ccc2c(c1)CN(C(=O)c1ccc3n[nH]nc3c1)CC2. The average molecular weight is 516 g/mol. The van der Waals surface area contributed by atoms with Crippen LogP contribution in [0.3, 0.4) is 0 Å². The van der Waals surface area contributed by atoms with E-state index in [0.29, 0.717) is 46.6 Å². The van der Waals surface area contributed by atoms with E-state index in [1.165, 1.54) is 0 Å². The third kappa shape index (κ3) is 3.52. The number of aromatic amines is 2. The predicted molar refractivity (Wildman–Crippen MR) is 131 cm³/mol. The second-order valence-electron chi connectivity index (χ2n) is 8.16. The fourth-order valence-corrected chi connectivity index (χ4v) is 4.86. The van der Waals surface area contributed by atoms with Crippen LogP contribution in [0, 0.1) is 0 Å². The number of aromatic nitrogens is 5. The molecule has 0 fully saturated rings. The van der Waals surface area contributed by atoms with E-state index < -0.39 is 0 Å². The lowest BCUT2D eigenvalue weighted by atomic mass is 9.96. The number of rotatable bonds is 3. The molecule has 2 amide bonds. The second kappa shape index (κ2) is 8.07. The van der Waals surface area contributed by atoms with Gasteiger partial charge in [-0.2, -0.15) is 15.4 Å². The molecule has 34 heavy (non-hydrogen) atoms. The molecule has 0 spiro atoms. The van der Waals surface area contributed by atoms with Crippen LogP contribution in [0.2, 0.25) is 0 Å². The van der Waals surface area contributed by atoms with Gasteiger partial charge in [0.1, 0.15) is 16.7 Å². The number of halogens is 1. The molecule has 2 aromatic carbocycles. The van der Waals surface area contributed by atoms with E-state index in [2.05, 4.69) is 46.6 Å². The van der Waals surface area contributed by atoms with E-state index in [1.807, 2.05) is 24.3 Å². The summed E-state index contributed by atoms with van der Waals surface area (Å²) >= 11 is 3.51. The summed E-state index contributed by atoms with van der Waals surface area (Å²) < 4.78 is 0.845. The third-order valence-corrected chi connectivity index (χ3v) is 6.76. The van der Waals surface area contributed by atoms with Crippen molar-refractivity contribution in [1.82, 2.24) is 30.3 Å². The van der Waals surface area contributed by atoms with Gasteiger partial charge in [-0.15, -0.1) is 0 Å². The zero-order valence-electron chi connectivity index (χ0n) is 17.8. The Morgan fingerprint density at radius 1 is 1.00 bits per heavy atom. The quantitative estimate of drug-likeness (QED) is 0.334.